The number of amides is 2. The first kappa shape index (κ1) is 10.1. The highest BCUT2D eigenvalue weighted by Crippen LogP contribution is 2.43. The van der Waals surface area contributed by atoms with E-state index in [4.69, 9.17) is 0 Å². The third-order valence-electron chi connectivity index (χ3n) is 3.35. The number of hydrogen-bond acceptors (Lipinski definition) is 2. The van der Waals surface area contributed by atoms with Gasteiger partial charge in [0.05, 0.1) is 0 Å². The highest BCUT2D eigenvalue weighted by molar-refractivity contribution is 8.00. The Morgan fingerprint density at radius 1 is 1.50 bits per heavy atom. The number of hydrogen-bond donors (Lipinski definition) is 1. The lowest BCUT2D eigenvalue weighted by Crippen LogP contribution is -2.53. The minimum absolute atomic E-state index is 0.136. The fourth-order valence-corrected chi connectivity index (χ4v) is 3.16. The van der Waals surface area contributed by atoms with Gasteiger partial charge >= 0.3 is 6.03 Å². The molecule has 1 N–H and O–H groups in total. The van der Waals surface area contributed by atoms with Crippen molar-refractivity contribution in [1.82, 2.24) is 10.2 Å². The predicted molar refractivity (Wildman–Crippen MR) is 59.7 cm³/mol. The smallest absolute Gasteiger partial charge is 0.317 e. The average Bonchev–Trinajstić information content (AvgIpc) is 2.14. The van der Waals surface area contributed by atoms with E-state index in [1.807, 2.05) is 16.7 Å². The fourth-order valence-electron chi connectivity index (χ4n) is 2.18. The molecular formula is C10H18N2OS. The van der Waals surface area contributed by atoms with Gasteiger partial charge in [-0.05, 0) is 25.5 Å². The molecule has 14 heavy (non-hydrogen) atoms. The third-order valence-corrected chi connectivity index (χ3v) is 4.75. The summed E-state index contributed by atoms with van der Waals surface area (Å²) in [4.78, 5) is 13.5. The van der Waals surface area contributed by atoms with E-state index in [-0.39, 0.29) is 6.03 Å². The minimum atomic E-state index is 0.136. The molecule has 1 heterocycles. The lowest BCUT2D eigenvalue weighted by atomic mass is 9.83. The number of thioether (sulfide) groups is 1. The third kappa shape index (κ3) is 1.85. The van der Waals surface area contributed by atoms with Crippen LogP contribution in [-0.4, -0.2) is 41.6 Å². The van der Waals surface area contributed by atoms with Crippen molar-refractivity contribution in [1.29, 1.82) is 0 Å². The van der Waals surface area contributed by atoms with Crippen molar-refractivity contribution < 1.29 is 4.79 Å². The van der Waals surface area contributed by atoms with Crippen molar-refractivity contribution in [2.75, 3.05) is 25.9 Å². The summed E-state index contributed by atoms with van der Waals surface area (Å²) < 4.78 is 0.384. The van der Waals surface area contributed by atoms with Crippen LogP contribution in [0.5, 0.6) is 0 Å². The summed E-state index contributed by atoms with van der Waals surface area (Å²) in [6.45, 7) is 2.73. The molecular weight excluding hydrogens is 196 g/mol. The van der Waals surface area contributed by atoms with Crippen LogP contribution in [0.15, 0.2) is 0 Å². The Labute approximate surface area is 89.6 Å². The Kier molecular flexibility index (Phi) is 2.91. The Bertz CT molecular complexity index is 223. The molecule has 1 saturated carbocycles. The van der Waals surface area contributed by atoms with Gasteiger partial charge in [0.1, 0.15) is 0 Å². The number of rotatable bonds is 3. The van der Waals surface area contributed by atoms with Gasteiger partial charge in [-0.3, -0.25) is 0 Å². The topological polar surface area (TPSA) is 32.3 Å². The Hall–Kier alpha value is -0.380. The lowest BCUT2D eigenvalue weighted by Gasteiger charge is -2.44. The number of urea groups is 1. The molecule has 2 rings (SSSR count). The maximum absolute atomic E-state index is 11.5. The van der Waals surface area contributed by atoms with Crippen LogP contribution in [0.25, 0.3) is 0 Å². The zero-order chi connectivity index (χ0) is 10.0. The van der Waals surface area contributed by atoms with Crippen molar-refractivity contribution >= 4 is 17.8 Å². The first-order chi connectivity index (χ1) is 6.76. The summed E-state index contributed by atoms with van der Waals surface area (Å²) in [5, 5.41) is 2.90. The van der Waals surface area contributed by atoms with Crippen LogP contribution in [0.1, 0.15) is 25.7 Å². The highest BCUT2D eigenvalue weighted by Gasteiger charge is 2.39. The molecule has 0 aromatic carbocycles. The zero-order valence-corrected chi connectivity index (χ0v) is 9.53. The van der Waals surface area contributed by atoms with Gasteiger partial charge in [-0.1, -0.05) is 6.42 Å². The Morgan fingerprint density at radius 2 is 2.29 bits per heavy atom. The molecule has 2 aliphatic rings. The van der Waals surface area contributed by atoms with E-state index in [0.717, 1.165) is 26.1 Å². The van der Waals surface area contributed by atoms with E-state index in [1.54, 1.807) is 0 Å². The summed E-state index contributed by atoms with van der Waals surface area (Å²) >= 11 is 1.93. The molecule has 0 atom stereocenters. The summed E-state index contributed by atoms with van der Waals surface area (Å²) in [6.07, 6.45) is 7.14. The van der Waals surface area contributed by atoms with E-state index in [0.29, 0.717) is 4.75 Å². The standard InChI is InChI=1S/C10H18N2OS/c1-14-10(4-2-5-10)8-12-7-3-6-11-9(12)13/h2-8H2,1H3,(H,11,13). The van der Waals surface area contributed by atoms with Crippen LogP contribution in [0, 0.1) is 0 Å². The first-order valence-corrected chi connectivity index (χ1v) is 6.56. The molecule has 1 aliphatic carbocycles. The maximum atomic E-state index is 11.5. The SMILES string of the molecule is CSC1(CN2CCCNC2=O)CCC1. The molecule has 0 bridgehead atoms. The molecule has 3 nitrogen and oxygen atoms in total. The zero-order valence-electron chi connectivity index (χ0n) is 8.71. The van der Waals surface area contributed by atoms with Crippen LogP contribution in [0.2, 0.25) is 0 Å². The number of carbonyl (C=O) groups is 1. The van der Waals surface area contributed by atoms with Gasteiger partial charge in [0.25, 0.3) is 0 Å². The minimum Gasteiger partial charge on any atom is -0.338 e. The molecule has 80 valence electrons. The van der Waals surface area contributed by atoms with Crippen molar-refractivity contribution in [2.45, 2.75) is 30.4 Å². The number of nitrogens with one attached hydrogen (secondary N) is 1. The second-order valence-electron chi connectivity index (χ2n) is 4.25. The summed E-state index contributed by atoms with van der Waals surface area (Å²) in [6, 6.07) is 0.136. The van der Waals surface area contributed by atoms with Crippen molar-refractivity contribution in [3.05, 3.63) is 0 Å². The lowest BCUT2D eigenvalue weighted by molar-refractivity contribution is 0.167. The summed E-state index contributed by atoms with van der Waals surface area (Å²) in [7, 11) is 0. The van der Waals surface area contributed by atoms with Gasteiger partial charge in [-0.25, -0.2) is 4.79 Å². The van der Waals surface area contributed by atoms with Gasteiger partial charge in [0.2, 0.25) is 0 Å². The quantitative estimate of drug-likeness (QED) is 0.775. The summed E-state index contributed by atoms with van der Waals surface area (Å²) in [5.74, 6) is 0. The molecule has 4 heteroatoms. The van der Waals surface area contributed by atoms with Gasteiger partial charge in [-0.15, -0.1) is 0 Å². The van der Waals surface area contributed by atoms with Crippen molar-refractivity contribution in [2.24, 2.45) is 0 Å². The molecule has 1 saturated heterocycles. The van der Waals surface area contributed by atoms with Crippen LogP contribution in [0.4, 0.5) is 4.79 Å². The Balaban J connectivity index is 1.91. The fraction of sp³-hybridized carbons (Fsp3) is 0.900. The van der Waals surface area contributed by atoms with Crippen LogP contribution in [0.3, 0.4) is 0 Å². The molecule has 2 fully saturated rings. The Morgan fingerprint density at radius 3 is 2.79 bits per heavy atom. The van der Waals surface area contributed by atoms with Gasteiger partial charge in [0, 0.05) is 24.4 Å². The monoisotopic (exact) mass is 214 g/mol. The first-order valence-electron chi connectivity index (χ1n) is 5.34. The van der Waals surface area contributed by atoms with E-state index in [2.05, 4.69) is 11.6 Å². The molecule has 0 aromatic rings. The number of nitrogens with zero attached hydrogens (tertiary/aromatic N) is 1. The number of carbonyl (C=O) groups excluding carboxylic acids is 1. The average molecular weight is 214 g/mol. The van der Waals surface area contributed by atoms with E-state index in [1.165, 1.54) is 19.3 Å². The van der Waals surface area contributed by atoms with Gasteiger partial charge in [0.15, 0.2) is 0 Å². The molecule has 0 aromatic heterocycles. The van der Waals surface area contributed by atoms with Gasteiger partial charge in [-0.2, -0.15) is 11.8 Å². The van der Waals surface area contributed by atoms with Crippen molar-refractivity contribution in [3.63, 3.8) is 0 Å². The van der Waals surface area contributed by atoms with E-state index < -0.39 is 0 Å². The van der Waals surface area contributed by atoms with E-state index >= 15 is 0 Å². The maximum Gasteiger partial charge on any atom is 0.317 e. The molecule has 0 radical (unpaired) electrons. The predicted octanol–water partition coefficient (Wildman–Crippen LogP) is 1.69. The highest BCUT2D eigenvalue weighted by atomic mass is 32.2. The van der Waals surface area contributed by atoms with Crippen molar-refractivity contribution in [3.8, 4) is 0 Å². The largest absolute Gasteiger partial charge is 0.338 e. The van der Waals surface area contributed by atoms with Crippen LogP contribution in [-0.2, 0) is 0 Å². The molecule has 2 amide bonds. The summed E-state index contributed by atoms with van der Waals surface area (Å²) in [5.41, 5.74) is 0. The van der Waals surface area contributed by atoms with E-state index in [9.17, 15) is 4.79 Å². The van der Waals surface area contributed by atoms with Gasteiger partial charge < -0.3 is 10.2 Å². The second kappa shape index (κ2) is 4.01. The second-order valence-corrected chi connectivity index (χ2v) is 5.52. The van der Waals surface area contributed by atoms with Crippen LogP contribution >= 0.6 is 11.8 Å². The molecule has 0 spiro atoms. The molecule has 0 unspecified atom stereocenters. The normalized spacial score (nSPS) is 25.5. The molecule has 1 aliphatic heterocycles. The van der Waals surface area contributed by atoms with Crippen LogP contribution < -0.4 is 5.32 Å².